The number of aliphatic carboxylic acids is 1. The maximum absolute atomic E-state index is 12.4. The van der Waals surface area contributed by atoms with Gasteiger partial charge in [-0.25, -0.2) is 9.78 Å². The highest BCUT2D eigenvalue weighted by molar-refractivity contribution is 8.00. The van der Waals surface area contributed by atoms with Crippen molar-refractivity contribution in [2.75, 3.05) is 11.5 Å². The SMILES string of the molecule is CC1=C(C(=O)O)N2C(=O)C(NC(=O)/C(=C\Cl)c3csc(N)n3)[C@H]2SC1. The first-order valence-corrected chi connectivity index (χ1v) is 9.42. The first-order chi connectivity index (χ1) is 11.8. The number of rotatable bonds is 4. The topological polar surface area (TPSA) is 126 Å². The minimum absolute atomic E-state index is 0.0142. The summed E-state index contributed by atoms with van der Waals surface area (Å²) >= 11 is 8.29. The summed E-state index contributed by atoms with van der Waals surface area (Å²) in [6.45, 7) is 1.67. The van der Waals surface area contributed by atoms with E-state index in [1.54, 1.807) is 12.3 Å². The van der Waals surface area contributed by atoms with Gasteiger partial charge in [0, 0.05) is 16.7 Å². The van der Waals surface area contributed by atoms with Crippen molar-refractivity contribution >= 4 is 63.2 Å². The zero-order valence-electron chi connectivity index (χ0n) is 12.9. The van der Waals surface area contributed by atoms with E-state index in [4.69, 9.17) is 17.3 Å². The Morgan fingerprint density at radius 3 is 2.84 bits per heavy atom. The van der Waals surface area contributed by atoms with Gasteiger partial charge in [0.15, 0.2) is 5.13 Å². The minimum Gasteiger partial charge on any atom is -0.477 e. The predicted molar refractivity (Wildman–Crippen MR) is 95.7 cm³/mol. The molecule has 2 atom stereocenters. The van der Waals surface area contributed by atoms with E-state index in [0.29, 0.717) is 22.2 Å². The molecule has 1 aromatic rings. The quantitative estimate of drug-likeness (QED) is 0.509. The predicted octanol–water partition coefficient (Wildman–Crippen LogP) is 1.06. The lowest BCUT2D eigenvalue weighted by atomic mass is 10.0. The van der Waals surface area contributed by atoms with Crippen molar-refractivity contribution in [3.05, 3.63) is 27.9 Å². The molecule has 1 fully saturated rings. The number of nitrogen functional groups attached to an aromatic ring is 1. The molecule has 25 heavy (non-hydrogen) atoms. The molecular weight excluding hydrogens is 388 g/mol. The number of thiazole rings is 1. The summed E-state index contributed by atoms with van der Waals surface area (Å²) in [5.74, 6) is -1.71. The maximum atomic E-state index is 12.4. The third kappa shape index (κ3) is 3.00. The Morgan fingerprint density at radius 2 is 2.28 bits per heavy atom. The summed E-state index contributed by atoms with van der Waals surface area (Å²) in [5, 5.41) is 13.3. The van der Waals surface area contributed by atoms with Crippen LogP contribution in [0.3, 0.4) is 0 Å². The number of carbonyl (C=O) groups is 3. The van der Waals surface area contributed by atoms with Crippen molar-refractivity contribution in [1.82, 2.24) is 15.2 Å². The number of carbonyl (C=O) groups excluding carboxylic acids is 2. The third-order valence-corrected chi connectivity index (χ3v) is 6.12. The number of nitrogens with zero attached hydrogens (tertiary/aromatic N) is 2. The van der Waals surface area contributed by atoms with Gasteiger partial charge in [-0.1, -0.05) is 11.6 Å². The van der Waals surface area contributed by atoms with Crippen LogP contribution in [0, 0.1) is 0 Å². The van der Waals surface area contributed by atoms with Crippen LogP contribution in [0.1, 0.15) is 12.6 Å². The standard InChI is InChI=1S/C14H13ClN4O4S2/c1-5-3-24-12-8(11(21)19(12)9(5)13(22)23)18-10(20)6(2-15)7-4-25-14(16)17-7/h2,4,8,12H,3H2,1H3,(H2,16,17)(H,18,20)(H,22,23)/b6-2-/t8?,12-/m1/s1. The van der Waals surface area contributed by atoms with Crippen molar-refractivity contribution in [3.63, 3.8) is 0 Å². The van der Waals surface area contributed by atoms with Crippen molar-refractivity contribution < 1.29 is 19.5 Å². The normalized spacial score (nSPS) is 23.2. The summed E-state index contributed by atoms with van der Waals surface area (Å²) in [4.78, 5) is 41.4. The Balaban J connectivity index is 1.76. The van der Waals surface area contributed by atoms with E-state index in [0.717, 1.165) is 16.9 Å². The van der Waals surface area contributed by atoms with Crippen LogP contribution >= 0.6 is 34.7 Å². The first kappa shape index (κ1) is 17.8. The molecule has 0 aromatic carbocycles. The van der Waals surface area contributed by atoms with Gasteiger partial charge in [0.05, 0.1) is 11.3 Å². The molecule has 0 spiro atoms. The van der Waals surface area contributed by atoms with E-state index in [1.807, 2.05) is 0 Å². The molecule has 0 aliphatic carbocycles. The van der Waals surface area contributed by atoms with Crippen LogP contribution in [-0.4, -0.2) is 49.9 Å². The van der Waals surface area contributed by atoms with Gasteiger partial charge in [-0.3, -0.25) is 14.5 Å². The Kier molecular flexibility index (Phi) is 4.76. The van der Waals surface area contributed by atoms with Crippen LogP contribution in [0.25, 0.3) is 5.57 Å². The molecule has 0 bridgehead atoms. The second-order valence-electron chi connectivity index (χ2n) is 5.39. The highest BCUT2D eigenvalue weighted by atomic mass is 35.5. The number of thioether (sulfide) groups is 1. The largest absolute Gasteiger partial charge is 0.477 e. The highest BCUT2D eigenvalue weighted by Gasteiger charge is 2.53. The number of nitrogens with one attached hydrogen (secondary N) is 1. The lowest BCUT2D eigenvalue weighted by molar-refractivity contribution is -0.150. The zero-order valence-corrected chi connectivity index (χ0v) is 15.2. The molecule has 3 rings (SSSR count). The number of nitrogens with two attached hydrogens (primary N) is 1. The number of fused-ring (bicyclic) bond motifs is 1. The second-order valence-corrected chi connectivity index (χ2v) is 7.60. The number of hydrogen-bond donors (Lipinski definition) is 3. The number of anilines is 1. The molecule has 0 saturated carbocycles. The Hall–Kier alpha value is -2.04. The number of β-lactam (4-membered cyclic amide) rings is 1. The molecule has 1 saturated heterocycles. The molecule has 3 heterocycles. The van der Waals surface area contributed by atoms with E-state index in [-0.39, 0.29) is 11.3 Å². The van der Waals surface area contributed by atoms with Gasteiger partial charge in [-0.15, -0.1) is 23.1 Å². The fourth-order valence-corrected chi connectivity index (χ4v) is 4.69. The van der Waals surface area contributed by atoms with Gasteiger partial charge in [0.2, 0.25) is 0 Å². The molecule has 1 unspecified atom stereocenters. The number of hydrogen-bond acceptors (Lipinski definition) is 7. The van der Waals surface area contributed by atoms with Crippen LogP contribution in [0.5, 0.6) is 0 Å². The fourth-order valence-electron chi connectivity index (χ4n) is 2.63. The molecule has 2 aliphatic heterocycles. The number of carboxylic acids is 1. The Morgan fingerprint density at radius 1 is 1.56 bits per heavy atom. The number of halogens is 1. The molecule has 4 N–H and O–H groups in total. The molecule has 2 aliphatic rings. The van der Waals surface area contributed by atoms with E-state index in [2.05, 4.69) is 10.3 Å². The smallest absolute Gasteiger partial charge is 0.352 e. The van der Waals surface area contributed by atoms with E-state index >= 15 is 0 Å². The maximum Gasteiger partial charge on any atom is 0.352 e. The number of amides is 2. The van der Waals surface area contributed by atoms with Crippen LogP contribution in [0.2, 0.25) is 0 Å². The van der Waals surface area contributed by atoms with Crippen LogP contribution in [0.4, 0.5) is 5.13 Å². The second kappa shape index (κ2) is 6.70. The van der Waals surface area contributed by atoms with E-state index in [9.17, 15) is 19.5 Å². The summed E-state index contributed by atoms with van der Waals surface area (Å²) in [6.07, 6.45) is 0. The molecule has 2 amide bonds. The first-order valence-electron chi connectivity index (χ1n) is 7.05. The van der Waals surface area contributed by atoms with Gasteiger partial charge in [0.1, 0.15) is 17.1 Å². The molecule has 8 nitrogen and oxygen atoms in total. The lowest BCUT2D eigenvalue weighted by Gasteiger charge is -2.49. The molecular formula is C14H13ClN4O4S2. The molecule has 11 heteroatoms. The van der Waals surface area contributed by atoms with Crippen molar-refractivity contribution in [2.24, 2.45) is 0 Å². The third-order valence-electron chi connectivity index (χ3n) is 3.80. The van der Waals surface area contributed by atoms with Crippen LogP contribution < -0.4 is 11.1 Å². The van der Waals surface area contributed by atoms with Gasteiger partial charge in [-0.2, -0.15) is 0 Å². The van der Waals surface area contributed by atoms with E-state index in [1.165, 1.54) is 16.7 Å². The van der Waals surface area contributed by atoms with Crippen molar-refractivity contribution in [2.45, 2.75) is 18.3 Å². The lowest BCUT2D eigenvalue weighted by Crippen LogP contribution is -2.70. The van der Waals surface area contributed by atoms with Gasteiger partial charge in [-0.05, 0) is 12.5 Å². The number of aromatic nitrogens is 1. The Labute approximate surface area is 155 Å². The van der Waals surface area contributed by atoms with Gasteiger partial charge in [0.25, 0.3) is 11.8 Å². The van der Waals surface area contributed by atoms with E-state index < -0.39 is 29.2 Å². The molecule has 1 aromatic heterocycles. The zero-order chi connectivity index (χ0) is 18.3. The van der Waals surface area contributed by atoms with Crippen molar-refractivity contribution in [1.29, 1.82) is 0 Å². The van der Waals surface area contributed by atoms with Crippen LogP contribution in [-0.2, 0) is 14.4 Å². The van der Waals surface area contributed by atoms with Crippen molar-refractivity contribution in [3.8, 4) is 0 Å². The molecule has 132 valence electrons. The number of carboxylic acid groups (broad SMARTS) is 1. The summed E-state index contributed by atoms with van der Waals surface area (Å²) in [6, 6.07) is -0.817. The summed E-state index contributed by atoms with van der Waals surface area (Å²) in [5.41, 5.74) is 7.64. The van der Waals surface area contributed by atoms with Crippen LogP contribution in [0.15, 0.2) is 22.2 Å². The fraction of sp³-hybridized carbons (Fsp3) is 0.286. The summed E-state index contributed by atoms with van der Waals surface area (Å²) < 4.78 is 0. The average molecular weight is 401 g/mol. The average Bonchev–Trinajstić information content (AvgIpc) is 2.98. The minimum atomic E-state index is -1.15. The molecule has 0 radical (unpaired) electrons. The Bertz CT molecular complexity index is 835. The van der Waals surface area contributed by atoms with Gasteiger partial charge < -0.3 is 16.2 Å². The van der Waals surface area contributed by atoms with Gasteiger partial charge >= 0.3 is 5.97 Å². The monoisotopic (exact) mass is 400 g/mol. The highest BCUT2D eigenvalue weighted by Crippen LogP contribution is 2.40. The summed E-state index contributed by atoms with van der Waals surface area (Å²) in [7, 11) is 0.